The van der Waals surface area contributed by atoms with Crippen LogP contribution in [0.25, 0.3) is 0 Å². The van der Waals surface area contributed by atoms with Crippen LogP contribution in [0.4, 0.5) is 0 Å². The van der Waals surface area contributed by atoms with E-state index in [-0.39, 0.29) is 6.04 Å². The Bertz CT molecular complexity index is 124. The summed E-state index contributed by atoms with van der Waals surface area (Å²) in [6.07, 6.45) is 2.33. The molecular formula is C6H9NO. The van der Waals surface area contributed by atoms with E-state index in [9.17, 15) is 4.79 Å². The third-order valence-electron chi connectivity index (χ3n) is 2.20. The minimum absolute atomic E-state index is 0.208. The molecule has 44 valence electrons. The molecule has 1 saturated heterocycles. The molecule has 0 aromatic rings. The van der Waals surface area contributed by atoms with Crippen molar-refractivity contribution in [3.8, 4) is 0 Å². The van der Waals surface area contributed by atoms with Crippen molar-refractivity contribution < 1.29 is 4.79 Å². The highest BCUT2D eigenvalue weighted by Crippen LogP contribution is 2.44. The maximum Gasteiger partial charge on any atom is 0.137 e. The van der Waals surface area contributed by atoms with E-state index < -0.39 is 0 Å². The van der Waals surface area contributed by atoms with E-state index in [0.29, 0.717) is 5.92 Å². The van der Waals surface area contributed by atoms with Gasteiger partial charge in [-0.25, -0.2) is 0 Å². The molecular weight excluding hydrogens is 102 g/mol. The summed E-state index contributed by atoms with van der Waals surface area (Å²) in [6.45, 7) is 1.08. The molecule has 2 aliphatic rings. The summed E-state index contributed by atoms with van der Waals surface area (Å²) < 4.78 is 0. The number of hydrogen-bond donors (Lipinski definition) is 1. The minimum Gasteiger partial charge on any atom is -0.307 e. The highest BCUT2D eigenvalue weighted by Gasteiger charge is 2.47. The van der Waals surface area contributed by atoms with E-state index in [1.54, 1.807) is 0 Å². The molecule has 0 aromatic heterocycles. The molecule has 0 aromatic carbocycles. The number of hydrogen-bond acceptors (Lipinski definition) is 2. The summed E-state index contributed by atoms with van der Waals surface area (Å²) in [5.41, 5.74) is 0. The zero-order valence-corrected chi connectivity index (χ0v) is 4.63. The predicted molar refractivity (Wildman–Crippen MR) is 29.5 cm³/mol. The second-order valence-electron chi connectivity index (χ2n) is 2.73. The molecule has 8 heavy (non-hydrogen) atoms. The van der Waals surface area contributed by atoms with E-state index in [1.165, 1.54) is 6.42 Å². The lowest BCUT2D eigenvalue weighted by Crippen LogP contribution is -2.27. The van der Waals surface area contributed by atoms with Crippen LogP contribution in [-0.4, -0.2) is 18.9 Å². The molecule has 1 heterocycles. The Labute approximate surface area is 48.3 Å². The molecule has 1 N–H and O–H groups in total. The van der Waals surface area contributed by atoms with Crippen LogP contribution >= 0.6 is 0 Å². The summed E-state index contributed by atoms with van der Waals surface area (Å²) in [7, 11) is 0. The van der Waals surface area contributed by atoms with Crippen molar-refractivity contribution in [2.24, 2.45) is 11.8 Å². The van der Waals surface area contributed by atoms with Crippen molar-refractivity contribution in [3.63, 3.8) is 0 Å². The van der Waals surface area contributed by atoms with Crippen molar-refractivity contribution in [1.29, 1.82) is 0 Å². The number of carbonyl (C=O) groups is 1. The van der Waals surface area contributed by atoms with Gasteiger partial charge in [0.2, 0.25) is 0 Å². The highest BCUT2D eigenvalue weighted by molar-refractivity contribution is 5.60. The van der Waals surface area contributed by atoms with E-state index >= 15 is 0 Å². The summed E-state index contributed by atoms with van der Waals surface area (Å²) in [5, 5.41) is 3.14. The van der Waals surface area contributed by atoms with Crippen LogP contribution in [0.5, 0.6) is 0 Å². The number of aldehydes is 1. The smallest absolute Gasteiger partial charge is 0.137 e. The molecule has 1 aliphatic heterocycles. The molecule has 0 bridgehead atoms. The third-order valence-corrected chi connectivity index (χ3v) is 2.20. The maximum absolute atomic E-state index is 10.2. The van der Waals surface area contributed by atoms with E-state index in [2.05, 4.69) is 5.32 Å². The highest BCUT2D eigenvalue weighted by atomic mass is 16.1. The van der Waals surface area contributed by atoms with E-state index in [4.69, 9.17) is 0 Å². The first-order chi connectivity index (χ1) is 3.92. The van der Waals surface area contributed by atoms with Gasteiger partial charge in [-0.05, 0) is 24.8 Å². The Kier molecular flexibility index (Phi) is 0.742. The fourth-order valence-electron chi connectivity index (χ4n) is 1.53. The normalized spacial score (nSPS) is 50.8. The quantitative estimate of drug-likeness (QED) is 0.474. The second-order valence-corrected chi connectivity index (χ2v) is 2.73. The van der Waals surface area contributed by atoms with E-state index in [1.807, 2.05) is 0 Å². The number of nitrogens with one attached hydrogen (secondary N) is 1. The SMILES string of the molecule is O=CC1NCC2CC21. The van der Waals surface area contributed by atoms with Crippen molar-refractivity contribution in [1.82, 2.24) is 5.32 Å². The van der Waals surface area contributed by atoms with Crippen molar-refractivity contribution in [2.45, 2.75) is 12.5 Å². The van der Waals surface area contributed by atoms with Gasteiger partial charge in [0.05, 0.1) is 6.04 Å². The fourth-order valence-corrected chi connectivity index (χ4v) is 1.53. The lowest BCUT2D eigenvalue weighted by molar-refractivity contribution is -0.109. The fraction of sp³-hybridized carbons (Fsp3) is 0.833. The topological polar surface area (TPSA) is 29.1 Å². The molecule has 0 spiro atoms. The zero-order valence-electron chi connectivity index (χ0n) is 4.63. The first-order valence-corrected chi connectivity index (χ1v) is 3.10. The van der Waals surface area contributed by atoms with Crippen LogP contribution in [0.3, 0.4) is 0 Å². The maximum atomic E-state index is 10.2. The van der Waals surface area contributed by atoms with Gasteiger partial charge in [-0.3, -0.25) is 0 Å². The monoisotopic (exact) mass is 111 g/mol. The molecule has 1 saturated carbocycles. The van der Waals surface area contributed by atoms with Crippen molar-refractivity contribution in [2.75, 3.05) is 6.54 Å². The molecule has 3 unspecified atom stereocenters. The summed E-state index contributed by atoms with van der Waals surface area (Å²) in [6, 6.07) is 0.208. The second kappa shape index (κ2) is 1.32. The molecule has 0 amide bonds. The summed E-state index contributed by atoms with van der Waals surface area (Å²) in [5.74, 6) is 1.57. The average Bonchev–Trinajstić information content (AvgIpc) is 2.46. The van der Waals surface area contributed by atoms with Crippen LogP contribution in [0.2, 0.25) is 0 Å². The van der Waals surface area contributed by atoms with Crippen LogP contribution in [0.15, 0.2) is 0 Å². The zero-order chi connectivity index (χ0) is 5.56. The summed E-state index contributed by atoms with van der Waals surface area (Å²) >= 11 is 0. The molecule has 2 rings (SSSR count). The van der Waals surface area contributed by atoms with Crippen LogP contribution in [0, 0.1) is 11.8 Å². The number of fused-ring (bicyclic) bond motifs is 1. The largest absolute Gasteiger partial charge is 0.307 e. The first-order valence-electron chi connectivity index (χ1n) is 3.10. The molecule has 1 aliphatic carbocycles. The van der Waals surface area contributed by atoms with Crippen LogP contribution < -0.4 is 5.32 Å². The molecule has 0 radical (unpaired) electrons. The van der Waals surface area contributed by atoms with E-state index in [0.717, 1.165) is 18.7 Å². The molecule has 2 heteroatoms. The van der Waals surface area contributed by atoms with Gasteiger partial charge >= 0.3 is 0 Å². The Morgan fingerprint density at radius 1 is 1.62 bits per heavy atom. The van der Waals surface area contributed by atoms with Crippen LogP contribution in [-0.2, 0) is 4.79 Å². The predicted octanol–water partition coefficient (Wildman–Crippen LogP) is -0.207. The van der Waals surface area contributed by atoms with Crippen LogP contribution in [0.1, 0.15) is 6.42 Å². The van der Waals surface area contributed by atoms with Gasteiger partial charge in [0.15, 0.2) is 0 Å². The Hall–Kier alpha value is -0.370. The third kappa shape index (κ3) is 0.436. The number of carbonyl (C=O) groups excluding carboxylic acids is 1. The standard InChI is InChI=1S/C6H9NO/c8-3-6-5-1-4(5)2-7-6/h3-7H,1-2H2. The lowest BCUT2D eigenvalue weighted by Gasteiger charge is -2.00. The average molecular weight is 111 g/mol. The summed E-state index contributed by atoms with van der Waals surface area (Å²) in [4.78, 5) is 10.2. The molecule has 2 nitrogen and oxygen atoms in total. The van der Waals surface area contributed by atoms with Gasteiger partial charge in [0, 0.05) is 0 Å². The molecule has 2 fully saturated rings. The minimum atomic E-state index is 0.208. The number of rotatable bonds is 1. The Morgan fingerprint density at radius 3 is 2.75 bits per heavy atom. The van der Waals surface area contributed by atoms with Gasteiger partial charge in [-0.1, -0.05) is 0 Å². The molecule has 3 atom stereocenters. The number of piperidine rings is 1. The van der Waals surface area contributed by atoms with Crippen molar-refractivity contribution in [3.05, 3.63) is 0 Å². The van der Waals surface area contributed by atoms with Gasteiger partial charge in [0.25, 0.3) is 0 Å². The van der Waals surface area contributed by atoms with Gasteiger partial charge in [0.1, 0.15) is 6.29 Å². The lowest BCUT2D eigenvalue weighted by atomic mass is 10.2. The Morgan fingerprint density at radius 2 is 2.50 bits per heavy atom. The van der Waals surface area contributed by atoms with Crippen molar-refractivity contribution >= 4 is 6.29 Å². The Balaban J connectivity index is 2.06. The van der Waals surface area contributed by atoms with Gasteiger partial charge in [-0.15, -0.1) is 0 Å². The van der Waals surface area contributed by atoms with Gasteiger partial charge in [-0.2, -0.15) is 0 Å². The van der Waals surface area contributed by atoms with Gasteiger partial charge < -0.3 is 10.1 Å². The first kappa shape index (κ1) is 4.50.